The lowest BCUT2D eigenvalue weighted by molar-refractivity contribution is 0.177. The number of piperidine rings is 1. The molecule has 2 saturated heterocycles. The van der Waals surface area contributed by atoms with Crippen molar-refractivity contribution in [1.29, 1.82) is 0 Å². The van der Waals surface area contributed by atoms with Gasteiger partial charge in [0.2, 0.25) is 10.0 Å². The SMILES string of the molecule is CCCNN1CCN(c2ccncc2S(=O)(=O)N2CCCCC2)CC1. The lowest BCUT2D eigenvalue weighted by Gasteiger charge is -2.37. The molecule has 0 bridgehead atoms. The Hall–Kier alpha value is -1.22. The quantitative estimate of drug-likeness (QED) is 0.817. The van der Waals surface area contributed by atoms with E-state index >= 15 is 0 Å². The summed E-state index contributed by atoms with van der Waals surface area (Å²) in [5.74, 6) is 0. The third-order valence-corrected chi connectivity index (χ3v) is 6.82. The van der Waals surface area contributed by atoms with Crippen LogP contribution in [0.15, 0.2) is 23.4 Å². The summed E-state index contributed by atoms with van der Waals surface area (Å²) in [6.07, 6.45) is 7.29. The lowest BCUT2D eigenvalue weighted by Crippen LogP contribution is -2.52. The number of rotatable bonds is 6. The number of hydrogen-bond donors (Lipinski definition) is 1. The summed E-state index contributed by atoms with van der Waals surface area (Å²) in [6, 6.07) is 1.84. The fourth-order valence-corrected chi connectivity index (χ4v) is 5.12. The van der Waals surface area contributed by atoms with Crippen LogP contribution < -0.4 is 10.3 Å². The van der Waals surface area contributed by atoms with E-state index < -0.39 is 10.0 Å². The smallest absolute Gasteiger partial charge is 0.246 e. The highest BCUT2D eigenvalue weighted by molar-refractivity contribution is 7.89. The molecule has 25 heavy (non-hydrogen) atoms. The molecule has 0 saturated carbocycles. The van der Waals surface area contributed by atoms with Gasteiger partial charge in [-0.25, -0.2) is 13.4 Å². The van der Waals surface area contributed by atoms with Crippen molar-refractivity contribution in [2.24, 2.45) is 0 Å². The Morgan fingerprint density at radius 1 is 1.08 bits per heavy atom. The second-order valence-electron chi connectivity index (χ2n) is 6.69. The Balaban J connectivity index is 1.75. The van der Waals surface area contributed by atoms with Crippen LogP contribution in [0.1, 0.15) is 32.6 Å². The molecule has 0 atom stereocenters. The van der Waals surface area contributed by atoms with E-state index in [1.54, 1.807) is 10.5 Å². The summed E-state index contributed by atoms with van der Waals surface area (Å²) < 4.78 is 27.8. The zero-order chi connectivity index (χ0) is 17.7. The van der Waals surface area contributed by atoms with Crippen LogP contribution in [-0.2, 0) is 10.0 Å². The fraction of sp³-hybridized carbons (Fsp3) is 0.706. The van der Waals surface area contributed by atoms with E-state index in [0.29, 0.717) is 18.0 Å². The predicted molar refractivity (Wildman–Crippen MR) is 98.9 cm³/mol. The van der Waals surface area contributed by atoms with Crippen LogP contribution in [0.3, 0.4) is 0 Å². The molecule has 2 fully saturated rings. The Bertz CT molecular complexity index is 653. The predicted octanol–water partition coefficient (Wildman–Crippen LogP) is 1.29. The molecule has 140 valence electrons. The normalized spacial score (nSPS) is 20.8. The van der Waals surface area contributed by atoms with Crippen LogP contribution >= 0.6 is 0 Å². The van der Waals surface area contributed by atoms with Crippen molar-refractivity contribution in [2.75, 3.05) is 50.7 Å². The van der Waals surface area contributed by atoms with Gasteiger partial charge in [-0.2, -0.15) is 4.31 Å². The Morgan fingerprint density at radius 2 is 1.80 bits per heavy atom. The van der Waals surface area contributed by atoms with Crippen molar-refractivity contribution in [1.82, 2.24) is 19.7 Å². The molecule has 2 aliphatic rings. The molecule has 0 aromatic carbocycles. The van der Waals surface area contributed by atoms with Crippen LogP contribution in [0.2, 0.25) is 0 Å². The van der Waals surface area contributed by atoms with Gasteiger partial charge < -0.3 is 4.90 Å². The third kappa shape index (κ3) is 4.31. The minimum absolute atomic E-state index is 0.354. The molecule has 3 heterocycles. The van der Waals surface area contributed by atoms with Gasteiger partial charge in [0.25, 0.3) is 0 Å². The molecule has 0 unspecified atom stereocenters. The van der Waals surface area contributed by atoms with Crippen molar-refractivity contribution < 1.29 is 8.42 Å². The van der Waals surface area contributed by atoms with E-state index in [9.17, 15) is 8.42 Å². The van der Waals surface area contributed by atoms with Crippen LogP contribution in [-0.4, -0.2) is 68.5 Å². The first-order chi connectivity index (χ1) is 12.1. The molecule has 3 rings (SSSR count). The van der Waals surface area contributed by atoms with Gasteiger partial charge in [0.05, 0.1) is 5.69 Å². The number of aromatic nitrogens is 1. The van der Waals surface area contributed by atoms with Crippen LogP contribution in [0.5, 0.6) is 0 Å². The molecule has 1 aromatic rings. The van der Waals surface area contributed by atoms with Crippen LogP contribution in [0.25, 0.3) is 0 Å². The number of nitrogens with one attached hydrogen (secondary N) is 1. The van der Waals surface area contributed by atoms with E-state index in [0.717, 1.165) is 64.1 Å². The van der Waals surface area contributed by atoms with Crippen molar-refractivity contribution in [3.8, 4) is 0 Å². The minimum atomic E-state index is -3.47. The highest BCUT2D eigenvalue weighted by Gasteiger charge is 2.30. The van der Waals surface area contributed by atoms with Crippen molar-refractivity contribution in [2.45, 2.75) is 37.5 Å². The molecule has 0 amide bonds. The molecule has 1 N–H and O–H groups in total. The van der Waals surface area contributed by atoms with E-state index in [2.05, 4.69) is 27.2 Å². The zero-order valence-electron chi connectivity index (χ0n) is 15.0. The largest absolute Gasteiger partial charge is 0.368 e. The summed E-state index contributed by atoms with van der Waals surface area (Å²) in [5.41, 5.74) is 4.20. The zero-order valence-corrected chi connectivity index (χ0v) is 15.8. The number of hydrazine groups is 1. The van der Waals surface area contributed by atoms with Gasteiger partial charge in [0.15, 0.2) is 0 Å². The van der Waals surface area contributed by atoms with Gasteiger partial charge in [-0.05, 0) is 25.3 Å². The van der Waals surface area contributed by atoms with Crippen molar-refractivity contribution in [3.63, 3.8) is 0 Å². The maximum Gasteiger partial charge on any atom is 0.246 e. The molecule has 0 spiro atoms. The molecular weight excluding hydrogens is 338 g/mol. The first-order valence-electron chi connectivity index (χ1n) is 9.30. The van der Waals surface area contributed by atoms with Gasteiger partial charge in [0.1, 0.15) is 4.90 Å². The highest BCUT2D eigenvalue weighted by atomic mass is 32.2. The number of piperazine rings is 1. The number of nitrogens with zero attached hydrogens (tertiary/aromatic N) is 4. The van der Waals surface area contributed by atoms with Gasteiger partial charge in [0, 0.05) is 58.2 Å². The van der Waals surface area contributed by atoms with E-state index in [-0.39, 0.29) is 0 Å². The monoisotopic (exact) mass is 367 g/mol. The van der Waals surface area contributed by atoms with Crippen molar-refractivity contribution >= 4 is 15.7 Å². The number of anilines is 1. The minimum Gasteiger partial charge on any atom is -0.368 e. The standard InChI is InChI=1S/C17H29N5O2S/c1-2-7-19-21-13-11-20(12-14-21)16-6-8-18-15-17(16)25(23,24)22-9-4-3-5-10-22/h6,8,15,19H,2-5,7,9-14H2,1H3. The maximum absolute atomic E-state index is 13.1. The molecule has 1 aromatic heterocycles. The Labute approximate surface area is 151 Å². The summed E-state index contributed by atoms with van der Waals surface area (Å²) >= 11 is 0. The van der Waals surface area contributed by atoms with Crippen LogP contribution in [0.4, 0.5) is 5.69 Å². The third-order valence-electron chi connectivity index (χ3n) is 4.90. The lowest BCUT2D eigenvalue weighted by atomic mass is 10.2. The van der Waals surface area contributed by atoms with Gasteiger partial charge in [-0.3, -0.25) is 10.4 Å². The maximum atomic E-state index is 13.1. The van der Waals surface area contributed by atoms with Crippen molar-refractivity contribution in [3.05, 3.63) is 18.5 Å². The molecule has 8 heteroatoms. The molecular formula is C17H29N5O2S. The van der Waals surface area contributed by atoms with E-state index in [4.69, 9.17) is 0 Å². The average molecular weight is 368 g/mol. The number of hydrogen-bond acceptors (Lipinski definition) is 6. The summed E-state index contributed by atoms with van der Waals surface area (Å²) in [7, 11) is -3.47. The first-order valence-corrected chi connectivity index (χ1v) is 10.7. The molecule has 0 radical (unpaired) electrons. The highest BCUT2D eigenvalue weighted by Crippen LogP contribution is 2.29. The second-order valence-corrected chi connectivity index (χ2v) is 8.60. The molecule has 2 aliphatic heterocycles. The average Bonchev–Trinajstić information content (AvgIpc) is 2.67. The van der Waals surface area contributed by atoms with Gasteiger partial charge >= 0.3 is 0 Å². The second kappa shape index (κ2) is 8.44. The number of sulfonamides is 1. The molecule has 7 nitrogen and oxygen atoms in total. The van der Waals surface area contributed by atoms with Crippen LogP contribution in [0, 0.1) is 0 Å². The number of pyridine rings is 1. The molecule has 0 aliphatic carbocycles. The first kappa shape index (κ1) is 18.6. The van der Waals surface area contributed by atoms with E-state index in [1.807, 2.05) is 6.07 Å². The van der Waals surface area contributed by atoms with E-state index in [1.165, 1.54) is 6.20 Å². The topological polar surface area (TPSA) is 68.8 Å². The summed E-state index contributed by atoms with van der Waals surface area (Å²) in [6.45, 7) is 7.74. The van der Waals surface area contributed by atoms with Gasteiger partial charge in [-0.15, -0.1) is 0 Å². The Kier molecular flexibility index (Phi) is 6.27. The summed E-state index contributed by atoms with van der Waals surface area (Å²) in [4.78, 5) is 6.62. The van der Waals surface area contributed by atoms with Gasteiger partial charge in [-0.1, -0.05) is 13.3 Å². The Morgan fingerprint density at radius 3 is 2.48 bits per heavy atom. The summed E-state index contributed by atoms with van der Waals surface area (Å²) in [5, 5.41) is 2.22. The fourth-order valence-electron chi connectivity index (χ4n) is 3.45.